The van der Waals surface area contributed by atoms with Crippen LogP contribution in [0.3, 0.4) is 0 Å². The number of fused-ring (bicyclic) bond motifs is 1. The average molecular weight is 464 g/mol. The number of hydrogen-bond donors (Lipinski definition) is 3. The number of aliphatic hydroxyl groups is 1. The molecule has 0 radical (unpaired) electrons. The number of hydrogen-bond acceptors (Lipinski definition) is 6. The third-order valence-corrected chi connectivity index (χ3v) is 6.53. The highest BCUT2D eigenvalue weighted by atomic mass is 19.1. The molecule has 1 aromatic carbocycles. The first-order chi connectivity index (χ1) is 15.7. The molecule has 0 amide bonds. The van der Waals surface area contributed by atoms with E-state index in [0.29, 0.717) is 41.6 Å². The van der Waals surface area contributed by atoms with Crippen LogP contribution in [-0.2, 0) is 18.3 Å². The number of benzene rings is 1. The molecule has 10 heteroatoms. The highest BCUT2D eigenvalue weighted by Gasteiger charge is 2.42. The van der Waals surface area contributed by atoms with Crippen molar-refractivity contribution in [2.45, 2.75) is 38.4 Å². The fourth-order valence-corrected chi connectivity index (χ4v) is 4.73. The number of nitrogens with zero attached hydrogens (tertiary/aromatic N) is 2. The van der Waals surface area contributed by atoms with Crippen LogP contribution in [0.15, 0.2) is 34.0 Å². The van der Waals surface area contributed by atoms with Gasteiger partial charge in [0.2, 0.25) is 0 Å². The van der Waals surface area contributed by atoms with Crippen LogP contribution in [-0.4, -0.2) is 63.0 Å². The van der Waals surface area contributed by atoms with Gasteiger partial charge in [-0.3, -0.25) is 14.2 Å². The molecule has 3 N–H and O–H groups in total. The Labute approximate surface area is 190 Å². The monoisotopic (exact) mass is 463 g/mol. The predicted molar refractivity (Wildman–Crippen MR) is 119 cm³/mol. The lowest BCUT2D eigenvalue weighted by molar-refractivity contribution is -0.122. The van der Waals surface area contributed by atoms with Gasteiger partial charge in [0.1, 0.15) is 17.7 Å². The number of rotatable bonds is 5. The van der Waals surface area contributed by atoms with E-state index in [-0.39, 0.29) is 24.0 Å². The van der Waals surface area contributed by atoms with Gasteiger partial charge in [0.05, 0.1) is 6.10 Å². The van der Waals surface area contributed by atoms with Gasteiger partial charge in [-0.05, 0) is 61.8 Å². The summed E-state index contributed by atoms with van der Waals surface area (Å²) in [5, 5.41) is 17.5. The van der Waals surface area contributed by atoms with E-state index in [1.54, 1.807) is 19.1 Å². The van der Waals surface area contributed by atoms with Crippen LogP contribution >= 0.6 is 0 Å². The lowest BCUT2D eigenvalue weighted by Gasteiger charge is -2.35. The van der Waals surface area contributed by atoms with Crippen molar-refractivity contribution in [1.29, 1.82) is 0 Å². The maximum absolute atomic E-state index is 13.5. The number of ether oxygens (including phenoxy) is 1. The molecule has 180 valence electrons. The predicted octanol–water partition coefficient (Wildman–Crippen LogP) is 0.915. The molecular formula is C23H30FN3O6. The number of nitrogens with one attached hydrogen (secondary N) is 1. The topological polar surface area (TPSA) is 125 Å². The molecule has 1 saturated heterocycles. The molecule has 2 fully saturated rings. The average Bonchev–Trinajstić information content (AvgIpc) is 3.16. The molecule has 2 aromatic rings. The Kier molecular flexibility index (Phi) is 8.04. The van der Waals surface area contributed by atoms with Gasteiger partial charge in [0.15, 0.2) is 0 Å². The zero-order valence-electron chi connectivity index (χ0n) is 18.7. The van der Waals surface area contributed by atoms with Crippen LogP contribution in [0.25, 0.3) is 0 Å². The second kappa shape index (κ2) is 10.8. The van der Waals surface area contributed by atoms with E-state index in [4.69, 9.17) is 14.6 Å². The number of halogens is 1. The number of aliphatic hydroxyl groups excluding tert-OH is 1. The standard InChI is InChI=1S/C22H28FN3O4.CH2O2/c1-13-7-17(3-4-18(13)23)30-20-9-16-12-26(11-15(16)8-19(20)27)6-5-14-10-24-22(29)25(2)21(14)28;2-1-3/h3-4,7,10,15-16,19-20,27H,5-6,8-9,11-12H2,1-2H3,(H,24,29);1H,(H,2,3)/t15-,16+,19+,20+;/m0./s1. The van der Waals surface area contributed by atoms with E-state index in [2.05, 4.69) is 9.88 Å². The fourth-order valence-electron chi connectivity index (χ4n) is 4.73. The van der Waals surface area contributed by atoms with Crippen molar-refractivity contribution in [2.24, 2.45) is 18.9 Å². The van der Waals surface area contributed by atoms with Gasteiger partial charge in [-0.2, -0.15) is 0 Å². The van der Waals surface area contributed by atoms with Gasteiger partial charge in [-0.25, -0.2) is 9.18 Å². The first-order valence-electron chi connectivity index (χ1n) is 10.9. The van der Waals surface area contributed by atoms with Gasteiger partial charge in [-0.1, -0.05) is 0 Å². The van der Waals surface area contributed by atoms with Gasteiger partial charge >= 0.3 is 5.69 Å². The van der Waals surface area contributed by atoms with E-state index in [1.165, 1.54) is 19.3 Å². The molecule has 0 bridgehead atoms. The first-order valence-corrected chi connectivity index (χ1v) is 10.9. The number of carbonyl (C=O) groups is 1. The summed E-state index contributed by atoms with van der Waals surface area (Å²) in [7, 11) is 1.47. The number of aromatic nitrogens is 2. The van der Waals surface area contributed by atoms with Crippen LogP contribution in [0.2, 0.25) is 0 Å². The van der Waals surface area contributed by atoms with Gasteiger partial charge in [0.25, 0.3) is 12.0 Å². The minimum absolute atomic E-state index is 0.250. The van der Waals surface area contributed by atoms with E-state index in [9.17, 15) is 19.1 Å². The van der Waals surface area contributed by atoms with Crippen molar-refractivity contribution in [2.75, 3.05) is 19.6 Å². The summed E-state index contributed by atoms with van der Waals surface area (Å²) < 4.78 is 20.6. The van der Waals surface area contributed by atoms with Crippen LogP contribution in [0.4, 0.5) is 4.39 Å². The normalized spacial score (nSPS) is 24.5. The van der Waals surface area contributed by atoms with Crippen molar-refractivity contribution >= 4 is 6.47 Å². The van der Waals surface area contributed by atoms with Crippen molar-refractivity contribution in [3.8, 4) is 5.75 Å². The third kappa shape index (κ3) is 5.88. The molecule has 9 nitrogen and oxygen atoms in total. The first kappa shape index (κ1) is 24.7. The number of H-pyrrole nitrogens is 1. The molecule has 2 heterocycles. The Balaban J connectivity index is 0.000000968. The highest BCUT2D eigenvalue weighted by Crippen LogP contribution is 2.38. The summed E-state index contributed by atoms with van der Waals surface area (Å²) in [5.41, 5.74) is 0.456. The van der Waals surface area contributed by atoms with E-state index < -0.39 is 11.8 Å². The summed E-state index contributed by atoms with van der Waals surface area (Å²) in [5.74, 6) is 1.13. The molecule has 0 spiro atoms. The number of likely N-dealkylation sites (tertiary alicyclic amines) is 1. The summed E-state index contributed by atoms with van der Waals surface area (Å²) in [6.07, 6.45) is 2.64. The largest absolute Gasteiger partial charge is 0.488 e. The van der Waals surface area contributed by atoms with Gasteiger partial charge in [0, 0.05) is 38.4 Å². The minimum Gasteiger partial charge on any atom is -0.488 e. The number of carboxylic acid groups (broad SMARTS) is 1. The number of aryl methyl sites for hydroxylation is 1. The molecule has 1 aliphatic carbocycles. The van der Waals surface area contributed by atoms with Gasteiger partial charge in [-0.15, -0.1) is 0 Å². The summed E-state index contributed by atoms with van der Waals surface area (Å²) in [4.78, 5) is 37.0. The summed E-state index contributed by atoms with van der Waals surface area (Å²) >= 11 is 0. The van der Waals surface area contributed by atoms with Gasteiger partial charge < -0.3 is 24.8 Å². The summed E-state index contributed by atoms with van der Waals surface area (Å²) in [6, 6.07) is 4.66. The van der Waals surface area contributed by atoms with Crippen molar-refractivity contribution in [1.82, 2.24) is 14.5 Å². The molecule has 2 aliphatic rings. The van der Waals surface area contributed by atoms with Crippen LogP contribution in [0.5, 0.6) is 5.75 Å². The molecule has 1 aromatic heterocycles. The lowest BCUT2D eigenvalue weighted by Crippen LogP contribution is -2.42. The molecule has 1 saturated carbocycles. The smallest absolute Gasteiger partial charge is 0.328 e. The second-order valence-corrected chi connectivity index (χ2v) is 8.72. The molecule has 33 heavy (non-hydrogen) atoms. The molecule has 4 rings (SSSR count). The zero-order valence-corrected chi connectivity index (χ0v) is 18.7. The zero-order chi connectivity index (χ0) is 24.1. The van der Waals surface area contributed by atoms with Crippen LogP contribution in [0, 0.1) is 24.6 Å². The Morgan fingerprint density at radius 2 is 1.91 bits per heavy atom. The quantitative estimate of drug-likeness (QED) is 0.563. The van der Waals surface area contributed by atoms with Crippen molar-refractivity contribution in [3.63, 3.8) is 0 Å². The second-order valence-electron chi connectivity index (χ2n) is 8.72. The minimum atomic E-state index is -0.553. The van der Waals surface area contributed by atoms with E-state index >= 15 is 0 Å². The Morgan fingerprint density at radius 3 is 2.58 bits per heavy atom. The summed E-state index contributed by atoms with van der Waals surface area (Å²) in [6.45, 7) is 3.95. The maximum atomic E-state index is 13.5. The molecule has 0 unspecified atom stereocenters. The Morgan fingerprint density at radius 1 is 1.24 bits per heavy atom. The van der Waals surface area contributed by atoms with Crippen LogP contribution in [0.1, 0.15) is 24.0 Å². The SMILES string of the molecule is Cc1cc(O[C@@H]2C[C@@H]3CN(CCc4c[nH]c(=O)n(C)c4=O)C[C@@H]3C[C@H]2O)ccc1F.O=CO. The molecule has 1 aliphatic heterocycles. The van der Waals surface area contributed by atoms with Crippen LogP contribution < -0.4 is 16.0 Å². The van der Waals surface area contributed by atoms with E-state index in [0.717, 1.165) is 30.6 Å². The Bertz CT molecular complexity index is 1080. The fraction of sp³-hybridized carbons (Fsp3) is 0.522. The Hall–Kier alpha value is -2.98. The lowest BCUT2D eigenvalue weighted by atomic mass is 9.78. The molecular weight excluding hydrogens is 433 g/mol. The number of aromatic amines is 1. The maximum Gasteiger partial charge on any atom is 0.328 e. The molecule has 4 atom stereocenters. The van der Waals surface area contributed by atoms with E-state index in [1.807, 2.05) is 0 Å². The third-order valence-electron chi connectivity index (χ3n) is 6.53. The van der Waals surface area contributed by atoms with Crippen molar-refractivity contribution in [3.05, 3.63) is 62.2 Å². The van der Waals surface area contributed by atoms with Crippen molar-refractivity contribution < 1.29 is 24.1 Å². The highest BCUT2D eigenvalue weighted by molar-refractivity contribution is 5.32.